The van der Waals surface area contributed by atoms with E-state index in [0.29, 0.717) is 12.4 Å². The Morgan fingerprint density at radius 2 is 1.29 bits per heavy atom. The number of nitrogens with zero attached hydrogens (tertiary/aromatic N) is 5. The molecule has 0 fully saturated rings. The van der Waals surface area contributed by atoms with Gasteiger partial charge in [0, 0.05) is 65.6 Å². The highest BCUT2D eigenvalue weighted by Crippen LogP contribution is 2.49. The van der Waals surface area contributed by atoms with E-state index in [1.165, 1.54) is 70.6 Å². The molecule has 0 aliphatic rings. The van der Waals surface area contributed by atoms with Crippen molar-refractivity contribution in [2.24, 2.45) is 0 Å². The standard InChI is InChI=1S/C60H39N5O/c1-3-4-29-48-36(2)52-57(44-25-11-10-24-43(44)55-47-28-16-27-46-54-42-23-9-8-17-37(42)32-33-49(54)65(56(46)47)58(52)55)64(48)41-22-14-20-39(34-41)59-61-60(38-18-6-5-7-19-38)63(62-59)35-40-21-15-31-51-53(40)45-26-12-13-30-50(45)66-51/h3-34H,1,35H2,2H3/b29-4-. The Bertz CT molecular complexity index is 4350. The van der Waals surface area contributed by atoms with E-state index in [0.717, 1.165) is 61.4 Å². The average Bonchev–Trinajstić information content (AvgIpc) is 4.18. The molecule has 14 rings (SSSR count). The van der Waals surface area contributed by atoms with Gasteiger partial charge in [-0.25, -0.2) is 0 Å². The van der Waals surface area contributed by atoms with Crippen molar-refractivity contribution in [3.8, 4) is 28.5 Å². The van der Waals surface area contributed by atoms with Gasteiger partial charge in [-0.15, -0.1) is 0 Å². The lowest BCUT2D eigenvalue weighted by atomic mass is 9.97. The van der Waals surface area contributed by atoms with Crippen LogP contribution in [-0.2, 0) is 6.54 Å². The Balaban J connectivity index is 1.03. The molecule has 14 aromatic rings. The molecule has 0 unspecified atom stereocenters. The molecule has 6 nitrogen and oxygen atoms in total. The van der Waals surface area contributed by atoms with Gasteiger partial charge in [-0.05, 0) is 76.4 Å². The summed E-state index contributed by atoms with van der Waals surface area (Å²) >= 11 is 0. The van der Waals surface area contributed by atoms with Gasteiger partial charge in [-0.3, -0.25) is 9.78 Å². The van der Waals surface area contributed by atoms with Crippen molar-refractivity contribution in [3.05, 3.63) is 211 Å². The largest absolute Gasteiger partial charge is 0.456 e. The van der Waals surface area contributed by atoms with Crippen molar-refractivity contribution in [1.29, 1.82) is 0 Å². The van der Waals surface area contributed by atoms with Gasteiger partial charge in [0.1, 0.15) is 23.5 Å². The molecule has 0 bridgehead atoms. The molecule has 0 saturated carbocycles. The zero-order chi connectivity index (χ0) is 43.6. The monoisotopic (exact) mass is 845 g/mol. The Morgan fingerprint density at radius 1 is 0.591 bits per heavy atom. The molecule has 0 saturated heterocycles. The van der Waals surface area contributed by atoms with Gasteiger partial charge in [0.25, 0.3) is 0 Å². The van der Waals surface area contributed by atoms with Crippen LogP contribution in [0.5, 0.6) is 0 Å². The van der Waals surface area contributed by atoms with Gasteiger partial charge in [0.2, 0.25) is 0 Å². The van der Waals surface area contributed by atoms with E-state index in [9.17, 15) is 0 Å². The lowest BCUT2D eigenvalue weighted by molar-refractivity contribution is -0.737. The summed E-state index contributed by atoms with van der Waals surface area (Å²) in [6.07, 6.45) is 6.11. The third-order valence-electron chi connectivity index (χ3n) is 13.8. The van der Waals surface area contributed by atoms with Crippen LogP contribution in [0.25, 0.3) is 127 Å². The third kappa shape index (κ3) is 5.06. The summed E-state index contributed by atoms with van der Waals surface area (Å²) in [6.45, 7) is 6.90. The predicted octanol–water partition coefficient (Wildman–Crippen LogP) is 14.5. The third-order valence-corrected chi connectivity index (χ3v) is 13.8. The van der Waals surface area contributed by atoms with Crippen LogP contribution in [0.2, 0.25) is 0 Å². The molecule has 6 heteroatoms. The molecule has 5 aromatic heterocycles. The molecule has 5 heterocycles. The van der Waals surface area contributed by atoms with E-state index in [1.807, 2.05) is 41.1 Å². The zero-order valence-corrected chi connectivity index (χ0v) is 36.0. The van der Waals surface area contributed by atoms with Crippen molar-refractivity contribution in [2.75, 3.05) is 0 Å². The SMILES string of the molecule is C=C/C=C\c1c(C)c2c(c3ccccc3c3c4cccc5c6c7ccccc7ccc6n(c54)c23)n1-c1cccc(-c2nc(-c3ccccc3)[n+](Cc3cccc4oc5ccccc5c34)[n-]2)c1. The van der Waals surface area contributed by atoms with E-state index in [2.05, 4.69) is 180 Å². The van der Waals surface area contributed by atoms with E-state index in [-0.39, 0.29) is 0 Å². The van der Waals surface area contributed by atoms with Gasteiger partial charge >= 0.3 is 0 Å². The molecule has 66 heavy (non-hydrogen) atoms. The molecule has 0 aliphatic heterocycles. The summed E-state index contributed by atoms with van der Waals surface area (Å²) in [6, 6.07) is 62.7. The zero-order valence-electron chi connectivity index (χ0n) is 36.0. The number of para-hydroxylation sites is 2. The number of rotatable bonds is 7. The molecule has 0 N–H and O–H groups in total. The highest BCUT2D eigenvalue weighted by Gasteiger charge is 2.27. The summed E-state index contributed by atoms with van der Waals surface area (Å²) in [7, 11) is 0. The van der Waals surface area contributed by atoms with Crippen LogP contribution in [0.15, 0.2) is 199 Å². The molecule has 0 amide bonds. The Hall–Kier alpha value is -8.74. The van der Waals surface area contributed by atoms with E-state index >= 15 is 0 Å². The number of benzene rings is 9. The van der Waals surface area contributed by atoms with Crippen molar-refractivity contribution in [3.63, 3.8) is 0 Å². The Kier molecular flexibility index (Phi) is 7.72. The highest BCUT2D eigenvalue weighted by atomic mass is 16.3. The van der Waals surface area contributed by atoms with Gasteiger partial charge in [0.15, 0.2) is 0 Å². The number of aryl methyl sites for hydroxylation is 1. The number of hydrogen-bond donors (Lipinski definition) is 0. The molecule has 0 aliphatic carbocycles. The minimum atomic E-state index is 0.520. The van der Waals surface area contributed by atoms with Crippen LogP contribution >= 0.6 is 0 Å². The van der Waals surface area contributed by atoms with E-state index in [4.69, 9.17) is 14.5 Å². The maximum Gasteiger partial charge on any atom is 0.135 e. The van der Waals surface area contributed by atoms with Gasteiger partial charge < -0.3 is 18.4 Å². The normalized spacial score (nSPS) is 12.4. The fourth-order valence-electron chi connectivity index (χ4n) is 11.1. The first-order valence-electron chi connectivity index (χ1n) is 22.5. The van der Waals surface area contributed by atoms with Crippen molar-refractivity contribution >= 4 is 98.6 Å². The maximum absolute atomic E-state index is 6.29. The maximum atomic E-state index is 6.29. The fourth-order valence-corrected chi connectivity index (χ4v) is 11.1. The number of allylic oxidation sites excluding steroid dienone is 2. The lowest BCUT2D eigenvalue weighted by Gasteiger charge is -2.14. The summed E-state index contributed by atoms with van der Waals surface area (Å²) in [5, 5.41) is 18.8. The number of hydrogen-bond acceptors (Lipinski definition) is 2. The van der Waals surface area contributed by atoms with Crippen molar-refractivity contribution in [2.45, 2.75) is 13.5 Å². The summed E-state index contributed by atoms with van der Waals surface area (Å²) in [5.74, 6) is 1.46. The molecular weight excluding hydrogens is 807 g/mol. The van der Waals surface area contributed by atoms with Crippen LogP contribution < -0.4 is 9.78 Å². The minimum absolute atomic E-state index is 0.520. The number of furan rings is 1. The molecule has 0 spiro atoms. The molecule has 310 valence electrons. The van der Waals surface area contributed by atoms with Crippen LogP contribution in [0.1, 0.15) is 16.8 Å². The Morgan fingerprint density at radius 3 is 2.15 bits per heavy atom. The Labute approximate surface area is 378 Å². The molecule has 0 atom stereocenters. The smallest absolute Gasteiger partial charge is 0.135 e. The van der Waals surface area contributed by atoms with E-state index in [1.54, 1.807) is 0 Å². The number of fused-ring (bicyclic) bond motifs is 16. The molecule has 9 aromatic carbocycles. The molecular formula is C60H39N5O. The second-order valence-electron chi connectivity index (χ2n) is 17.4. The number of aromatic nitrogens is 5. The van der Waals surface area contributed by atoms with Crippen LogP contribution in [0.4, 0.5) is 0 Å². The van der Waals surface area contributed by atoms with Gasteiger partial charge in [-0.1, -0.05) is 164 Å². The van der Waals surface area contributed by atoms with Gasteiger partial charge in [0.05, 0.1) is 22.1 Å². The van der Waals surface area contributed by atoms with Crippen molar-refractivity contribution < 1.29 is 9.10 Å². The van der Waals surface area contributed by atoms with Crippen LogP contribution in [-0.4, -0.2) is 14.0 Å². The van der Waals surface area contributed by atoms with Gasteiger partial charge in [-0.2, -0.15) is 0 Å². The predicted molar refractivity (Wildman–Crippen MR) is 272 cm³/mol. The average molecular weight is 846 g/mol. The van der Waals surface area contributed by atoms with Crippen LogP contribution in [0.3, 0.4) is 0 Å². The summed E-state index contributed by atoms with van der Waals surface area (Å²) in [4.78, 5) is 5.33. The fraction of sp³-hybridized carbons (Fsp3) is 0.0333. The lowest BCUT2D eigenvalue weighted by Crippen LogP contribution is -2.40. The van der Waals surface area contributed by atoms with Crippen LogP contribution in [0, 0.1) is 6.92 Å². The van der Waals surface area contributed by atoms with Crippen molar-refractivity contribution in [1.82, 2.24) is 19.1 Å². The van der Waals surface area contributed by atoms with E-state index < -0.39 is 0 Å². The highest BCUT2D eigenvalue weighted by molar-refractivity contribution is 6.37. The quantitative estimate of drug-likeness (QED) is 0.119. The first kappa shape index (κ1) is 36.7. The second kappa shape index (κ2) is 13.9. The second-order valence-corrected chi connectivity index (χ2v) is 17.4. The first-order chi connectivity index (χ1) is 32.6. The topological polar surface area (TPSA) is 53.4 Å². The summed E-state index contributed by atoms with van der Waals surface area (Å²) < 4.78 is 13.3. The summed E-state index contributed by atoms with van der Waals surface area (Å²) in [5.41, 5.74) is 13.0. The molecule has 0 radical (unpaired) electrons. The first-order valence-corrected chi connectivity index (χ1v) is 22.5. The minimum Gasteiger partial charge on any atom is -0.456 e.